The molecule has 0 saturated heterocycles. The van der Waals surface area contributed by atoms with Gasteiger partial charge in [-0.15, -0.1) is 0 Å². The standard InChI is InChI=1S/C63H28F24N2/c64-56(65,66)43-15-39(16-44(25-43)57(67,68)69)35-9-33(10-36(13-35)40-17-45(58(70,71)72)26-46(18-40)59(73,74)75)30-5-7-54-51(23-30)52-24-31(6-8-55(52)89(54)53-4-2-1-3-32(53)29-88)34-11-37(41-19-47(60(76,77)78)27-48(20-41)61(79,80)81)14-38(12-34)42-21-49(62(82,83)84)28-50(22-42)63(85,86)87/h1-28H. The molecule has 0 saturated carbocycles. The SMILES string of the molecule is N#Cc1ccccc1-n1c2ccc(-c3cc(-c4cc(C(F)(F)F)cc(C(F)(F)F)c4)cc(-c4cc(C(F)(F)F)cc(C(F)(F)F)c4)c3)cc2c2cc(-c3cc(-c4cc(C(F)(F)F)cc(C(F)(F)F)c4)cc(-c4cc(C(F)(F)F)cc(C(F)(F)F)c4)c3)ccc21. The average Bonchev–Trinajstić information content (AvgIpc) is 1.71. The van der Waals surface area contributed by atoms with Gasteiger partial charge in [-0.05, 0) is 212 Å². The summed E-state index contributed by atoms with van der Waals surface area (Å²) in [7, 11) is 0. The largest absolute Gasteiger partial charge is 0.416 e. The van der Waals surface area contributed by atoms with E-state index in [4.69, 9.17) is 0 Å². The van der Waals surface area contributed by atoms with E-state index in [0.29, 0.717) is 0 Å². The zero-order valence-electron chi connectivity index (χ0n) is 43.6. The zero-order valence-corrected chi connectivity index (χ0v) is 43.6. The third-order valence-electron chi connectivity index (χ3n) is 14.2. The van der Waals surface area contributed by atoms with Crippen molar-refractivity contribution in [1.82, 2.24) is 4.57 Å². The van der Waals surface area contributed by atoms with Crippen LogP contribution in [-0.4, -0.2) is 4.57 Å². The van der Waals surface area contributed by atoms with Gasteiger partial charge < -0.3 is 4.57 Å². The number of rotatable bonds is 7. The third-order valence-corrected chi connectivity index (χ3v) is 14.2. The molecule has 0 bridgehead atoms. The van der Waals surface area contributed by atoms with Gasteiger partial charge in [-0.3, -0.25) is 0 Å². The molecule has 0 radical (unpaired) electrons. The summed E-state index contributed by atoms with van der Waals surface area (Å²) in [5.41, 5.74) is -21.4. The van der Waals surface area contributed by atoms with Crippen molar-refractivity contribution in [1.29, 1.82) is 5.26 Å². The van der Waals surface area contributed by atoms with E-state index < -0.39 is 138 Å². The molecule has 0 spiro atoms. The molecule has 9 aromatic carbocycles. The van der Waals surface area contributed by atoms with Gasteiger partial charge in [0.1, 0.15) is 6.07 Å². The molecule has 26 heteroatoms. The van der Waals surface area contributed by atoms with Crippen molar-refractivity contribution in [2.24, 2.45) is 0 Å². The fraction of sp³-hybridized carbons (Fsp3) is 0.127. The second kappa shape index (κ2) is 21.4. The lowest BCUT2D eigenvalue weighted by molar-refractivity contribution is -0.144. The van der Waals surface area contributed by atoms with Gasteiger partial charge in [-0.1, -0.05) is 24.3 Å². The van der Waals surface area contributed by atoms with E-state index in [-0.39, 0.29) is 128 Å². The molecule has 0 aliphatic heterocycles. The van der Waals surface area contributed by atoms with Crippen LogP contribution in [0.4, 0.5) is 105 Å². The summed E-state index contributed by atoms with van der Waals surface area (Å²) in [5.74, 6) is 0. The highest BCUT2D eigenvalue weighted by atomic mass is 19.4. The maximum Gasteiger partial charge on any atom is 0.416 e. The van der Waals surface area contributed by atoms with Crippen LogP contribution in [0.3, 0.4) is 0 Å². The minimum atomic E-state index is -5.46. The van der Waals surface area contributed by atoms with Crippen molar-refractivity contribution in [2.75, 3.05) is 0 Å². The van der Waals surface area contributed by atoms with E-state index in [2.05, 4.69) is 0 Å². The first-order valence-corrected chi connectivity index (χ1v) is 25.1. The van der Waals surface area contributed by atoms with Crippen LogP contribution >= 0.6 is 0 Å². The maximum absolute atomic E-state index is 14.3. The van der Waals surface area contributed by atoms with Crippen LogP contribution in [0.1, 0.15) is 50.1 Å². The fourth-order valence-electron chi connectivity index (χ4n) is 10.1. The second-order valence-corrected chi connectivity index (χ2v) is 20.2. The van der Waals surface area contributed by atoms with Gasteiger partial charge >= 0.3 is 49.4 Å². The summed E-state index contributed by atoms with van der Waals surface area (Å²) in [6.45, 7) is 0. The van der Waals surface area contributed by atoms with Crippen molar-refractivity contribution in [3.8, 4) is 78.5 Å². The lowest BCUT2D eigenvalue weighted by Crippen LogP contribution is -2.11. The van der Waals surface area contributed by atoms with E-state index in [9.17, 15) is 111 Å². The van der Waals surface area contributed by atoms with Crippen LogP contribution in [0.25, 0.3) is 94.3 Å². The Kier molecular flexibility index (Phi) is 15.1. The highest BCUT2D eigenvalue weighted by molar-refractivity contribution is 6.12. The molecule has 0 aliphatic rings. The van der Waals surface area contributed by atoms with E-state index in [1.807, 2.05) is 6.07 Å². The highest BCUT2D eigenvalue weighted by Crippen LogP contribution is 2.48. The molecule has 10 aromatic rings. The number of hydrogen-bond donors (Lipinski definition) is 0. The summed E-state index contributed by atoms with van der Waals surface area (Å²) in [6, 6.07) is 22.0. The number of nitriles is 1. The molecule has 2 nitrogen and oxygen atoms in total. The number of hydrogen-bond acceptors (Lipinski definition) is 1. The first-order chi connectivity index (χ1) is 41.0. The predicted octanol–water partition coefficient (Wildman–Crippen LogP) is 22.8. The van der Waals surface area contributed by atoms with Crippen molar-refractivity contribution >= 4 is 21.8 Å². The molecule has 1 aromatic heterocycles. The van der Waals surface area contributed by atoms with Crippen molar-refractivity contribution < 1.29 is 105 Å². The van der Waals surface area contributed by atoms with Crippen LogP contribution in [0.2, 0.25) is 0 Å². The number of fused-ring (bicyclic) bond motifs is 3. The molecule has 0 N–H and O–H groups in total. The Balaban J connectivity index is 1.28. The molecule has 458 valence electrons. The van der Waals surface area contributed by atoms with Crippen molar-refractivity contribution in [3.05, 3.63) is 220 Å². The molecule has 0 aliphatic carbocycles. The minimum absolute atomic E-state index is 0.00797. The lowest BCUT2D eigenvalue weighted by atomic mass is 9.90. The van der Waals surface area contributed by atoms with Gasteiger partial charge in [0.05, 0.1) is 66.8 Å². The smallest absolute Gasteiger partial charge is 0.308 e. The molecule has 0 atom stereocenters. The molecule has 10 rings (SSSR count). The van der Waals surface area contributed by atoms with Gasteiger partial charge in [0.15, 0.2) is 0 Å². The van der Waals surface area contributed by atoms with Gasteiger partial charge in [0.25, 0.3) is 0 Å². The normalized spacial score (nSPS) is 13.2. The van der Waals surface area contributed by atoms with Crippen molar-refractivity contribution in [3.63, 3.8) is 0 Å². The first-order valence-electron chi connectivity index (χ1n) is 25.1. The number of nitrogens with zero attached hydrogens (tertiary/aromatic N) is 2. The molecule has 0 amide bonds. The van der Waals surface area contributed by atoms with Gasteiger partial charge in [-0.2, -0.15) is 111 Å². The Morgan fingerprint density at radius 2 is 0.449 bits per heavy atom. The first kappa shape index (κ1) is 62.6. The van der Waals surface area contributed by atoms with Gasteiger partial charge in [0, 0.05) is 10.8 Å². The summed E-state index contributed by atoms with van der Waals surface area (Å²) in [4.78, 5) is 0. The molecular formula is C63H28F24N2. The van der Waals surface area contributed by atoms with Gasteiger partial charge in [-0.25, -0.2) is 0 Å². The van der Waals surface area contributed by atoms with Gasteiger partial charge in [0.2, 0.25) is 0 Å². The number of benzene rings is 9. The van der Waals surface area contributed by atoms with Crippen molar-refractivity contribution in [2.45, 2.75) is 49.4 Å². The second-order valence-electron chi connectivity index (χ2n) is 20.2. The lowest BCUT2D eigenvalue weighted by Gasteiger charge is -2.18. The molecule has 0 fully saturated rings. The fourth-order valence-corrected chi connectivity index (χ4v) is 10.1. The maximum atomic E-state index is 14.3. The Bertz CT molecular complexity index is 3920. The molecule has 1 heterocycles. The monoisotopic (exact) mass is 1270 g/mol. The minimum Gasteiger partial charge on any atom is -0.308 e. The molecule has 89 heavy (non-hydrogen) atoms. The predicted molar refractivity (Wildman–Crippen MR) is 278 cm³/mol. The van der Waals surface area contributed by atoms with E-state index in [1.165, 1.54) is 65.2 Å². The Morgan fingerprint density at radius 1 is 0.236 bits per heavy atom. The molecular weight excluding hydrogens is 1240 g/mol. The Labute approximate surface area is 483 Å². The quantitative estimate of drug-likeness (QED) is 0.146. The summed E-state index contributed by atoms with van der Waals surface area (Å²) in [6.07, 6.45) is -43.7. The van der Waals surface area contributed by atoms with E-state index in [0.717, 1.165) is 36.4 Å². The van der Waals surface area contributed by atoms with Crippen LogP contribution in [0, 0.1) is 11.3 Å². The zero-order chi connectivity index (χ0) is 65.1. The Morgan fingerprint density at radius 3 is 0.674 bits per heavy atom. The summed E-state index contributed by atoms with van der Waals surface area (Å²) in [5, 5.41) is 10.3. The van der Waals surface area contributed by atoms with Crippen LogP contribution in [0.5, 0.6) is 0 Å². The number of para-hydroxylation sites is 1. The van der Waals surface area contributed by atoms with Crippen LogP contribution in [-0.2, 0) is 49.4 Å². The average molecular weight is 1270 g/mol. The summed E-state index contributed by atoms with van der Waals surface area (Å²) < 4.78 is 345. The third kappa shape index (κ3) is 12.8. The number of alkyl halides is 24. The molecule has 0 unspecified atom stereocenters. The van der Waals surface area contributed by atoms with Crippen LogP contribution in [0.15, 0.2) is 170 Å². The Hall–Kier alpha value is -9.41. The van der Waals surface area contributed by atoms with E-state index in [1.54, 1.807) is 0 Å². The van der Waals surface area contributed by atoms with E-state index >= 15 is 0 Å². The summed E-state index contributed by atoms with van der Waals surface area (Å²) >= 11 is 0. The number of halogens is 24. The number of aromatic nitrogens is 1. The topological polar surface area (TPSA) is 28.7 Å². The highest BCUT2D eigenvalue weighted by Gasteiger charge is 2.41. The van der Waals surface area contributed by atoms with Crippen LogP contribution < -0.4 is 0 Å².